The maximum atomic E-state index is 13.1. The molecule has 14 heavy (non-hydrogen) atoms. The van der Waals surface area contributed by atoms with Crippen LogP contribution in [0, 0.1) is 5.82 Å². The normalized spacial score (nSPS) is 12.3. The smallest absolute Gasteiger partial charge is 0.242 e. The van der Waals surface area contributed by atoms with Crippen molar-refractivity contribution in [1.82, 2.24) is 0 Å². The minimum absolute atomic E-state index is 0.0758. The topological polar surface area (TPSA) is 29.1 Å². The van der Waals surface area contributed by atoms with Gasteiger partial charge in [-0.2, -0.15) is 0 Å². The average molecular weight is 236 g/mol. The lowest BCUT2D eigenvalue weighted by atomic mass is 10.3. The Labute approximate surface area is 91.0 Å². The number of benzene rings is 1. The van der Waals surface area contributed by atoms with Crippen molar-refractivity contribution in [2.24, 2.45) is 0 Å². The fourth-order valence-corrected chi connectivity index (χ4v) is 1.04. The summed E-state index contributed by atoms with van der Waals surface area (Å²) in [6.07, 6.45) is 0. The molecule has 0 radical (unpaired) electrons. The van der Waals surface area contributed by atoms with E-state index >= 15 is 0 Å². The molecule has 0 spiro atoms. The summed E-state index contributed by atoms with van der Waals surface area (Å²) >= 11 is 11.0. The zero-order valence-electron chi connectivity index (χ0n) is 7.35. The fourth-order valence-electron chi connectivity index (χ4n) is 0.823. The number of hydrogen-bond donors (Lipinski definition) is 1. The predicted octanol–water partition coefficient (Wildman–Crippen LogP) is 3.04. The summed E-state index contributed by atoms with van der Waals surface area (Å²) in [5.41, 5.74) is 0.0758. The summed E-state index contributed by atoms with van der Waals surface area (Å²) in [7, 11) is 0. The Morgan fingerprint density at radius 1 is 1.57 bits per heavy atom. The van der Waals surface area contributed by atoms with Gasteiger partial charge < -0.3 is 5.32 Å². The third-order valence-electron chi connectivity index (χ3n) is 1.55. The summed E-state index contributed by atoms with van der Waals surface area (Å²) < 4.78 is 13.1. The zero-order valence-corrected chi connectivity index (χ0v) is 8.86. The molecule has 0 aromatic heterocycles. The lowest BCUT2D eigenvalue weighted by Crippen LogP contribution is -2.20. The Balaban J connectivity index is 2.82. The van der Waals surface area contributed by atoms with E-state index in [0.717, 1.165) is 6.07 Å². The molecule has 1 amide bonds. The summed E-state index contributed by atoms with van der Waals surface area (Å²) in [5, 5.41) is 1.91. The molecule has 1 N–H and O–H groups in total. The van der Waals surface area contributed by atoms with Crippen LogP contribution in [-0.2, 0) is 4.79 Å². The van der Waals surface area contributed by atoms with Gasteiger partial charge in [-0.25, -0.2) is 4.39 Å². The van der Waals surface area contributed by atoms with Gasteiger partial charge in [0.05, 0.1) is 5.69 Å². The van der Waals surface area contributed by atoms with Crippen LogP contribution in [0.3, 0.4) is 0 Å². The van der Waals surface area contributed by atoms with Crippen molar-refractivity contribution < 1.29 is 9.18 Å². The SMILES string of the molecule is CC(Cl)C(=O)Nc1ccc(Cl)cc1F. The number of anilines is 1. The van der Waals surface area contributed by atoms with E-state index in [0.29, 0.717) is 0 Å². The van der Waals surface area contributed by atoms with E-state index in [-0.39, 0.29) is 10.7 Å². The highest BCUT2D eigenvalue weighted by atomic mass is 35.5. The molecule has 1 aromatic rings. The van der Waals surface area contributed by atoms with Gasteiger partial charge in [0.2, 0.25) is 5.91 Å². The molecule has 1 rings (SSSR count). The number of hydrogen-bond acceptors (Lipinski definition) is 1. The Morgan fingerprint density at radius 2 is 2.21 bits per heavy atom. The van der Waals surface area contributed by atoms with Gasteiger partial charge >= 0.3 is 0 Å². The van der Waals surface area contributed by atoms with Crippen molar-refractivity contribution in [3.63, 3.8) is 0 Å². The molecule has 5 heteroatoms. The Morgan fingerprint density at radius 3 is 2.71 bits per heavy atom. The van der Waals surface area contributed by atoms with Crippen LogP contribution in [-0.4, -0.2) is 11.3 Å². The average Bonchev–Trinajstić information content (AvgIpc) is 2.09. The molecule has 0 fully saturated rings. The van der Waals surface area contributed by atoms with Gasteiger partial charge in [0, 0.05) is 5.02 Å². The van der Waals surface area contributed by atoms with Crippen LogP contribution in [0.4, 0.5) is 10.1 Å². The molecule has 2 nitrogen and oxygen atoms in total. The largest absolute Gasteiger partial charge is 0.322 e. The summed E-state index contributed by atoms with van der Waals surface area (Å²) in [5.74, 6) is -1.03. The number of nitrogens with one attached hydrogen (secondary N) is 1. The number of carbonyl (C=O) groups excluding carboxylic acids is 1. The number of carbonyl (C=O) groups is 1. The van der Waals surface area contributed by atoms with Crippen LogP contribution < -0.4 is 5.32 Å². The molecular formula is C9H8Cl2FNO. The fraction of sp³-hybridized carbons (Fsp3) is 0.222. The first kappa shape index (κ1) is 11.3. The standard InChI is InChI=1S/C9H8Cl2FNO/c1-5(10)9(14)13-8-3-2-6(11)4-7(8)12/h2-5H,1H3,(H,13,14). The Bertz CT molecular complexity index is 355. The molecular weight excluding hydrogens is 228 g/mol. The lowest BCUT2D eigenvalue weighted by Gasteiger charge is -2.07. The molecule has 0 aliphatic carbocycles. The summed E-state index contributed by atoms with van der Waals surface area (Å²) in [4.78, 5) is 11.1. The molecule has 0 aliphatic heterocycles. The first-order valence-corrected chi connectivity index (χ1v) is 4.72. The van der Waals surface area contributed by atoms with Crippen LogP contribution >= 0.6 is 23.2 Å². The molecule has 0 saturated carbocycles. The number of halogens is 3. The summed E-state index contributed by atoms with van der Waals surface area (Å²) in [6, 6.07) is 3.99. The number of alkyl halides is 1. The van der Waals surface area contributed by atoms with Gasteiger partial charge in [-0.3, -0.25) is 4.79 Å². The van der Waals surface area contributed by atoms with E-state index in [2.05, 4.69) is 5.32 Å². The van der Waals surface area contributed by atoms with Gasteiger partial charge in [0.1, 0.15) is 11.2 Å². The zero-order chi connectivity index (χ0) is 10.7. The second kappa shape index (κ2) is 4.62. The van der Waals surface area contributed by atoms with Gasteiger partial charge in [-0.1, -0.05) is 11.6 Å². The van der Waals surface area contributed by atoms with Gasteiger partial charge in [-0.15, -0.1) is 11.6 Å². The molecule has 0 heterocycles. The monoisotopic (exact) mass is 235 g/mol. The minimum atomic E-state index is -0.704. The van der Waals surface area contributed by atoms with E-state index < -0.39 is 17.1 Å². The van der Waals surface area contributed by atoms with E-state index in [1.807, 2.05) is 0 Å². The van der Waals surface area contributed by atoms with Crippen molar-refractivity contribution in [2.75, 3.05) is 5.32 Å². The highest BCUT2D eigenvalue weighted by Gasteiger charge is 2.11. The highest BCUT2D eigenvalue weighted by Crippen LogP contribution is 2.19. The number of amides is 1. The van der Waals surface area contributed by atoms with Crippen molar-refractivity contribution in [2.45, 2.75) is 12.3 Å². The first-order chi connectivity index (χ1) is 6.50. The van der Waals surface area contributed by atoms with E-state index in [1.54, 1.807) is 0 Å². The summed E-state index contributed by atoms with van der Waals surface area (Å²) in [6.45, 7) is 1.50. The van der Waals surface area contributed by atoms with Crippen molar-refractivity contribution in [1.29, 1.82) is 0 Å². The molecule has 1 atom stereocenters. The van der Waals surface area contributed by atoms with E-state index in [4.69, 9.17) is 23.2 Å². The second-order valence-corrected chi connectivity index (χ2v) is 3.82. The van der Waals surface area contributed by atoms with Crippen LogP contribution in [0.25, 0.3) is 0 Å². The second-order valence-electron chi connectivity index (χ2n) is 2.73. The van der Waals surface area contributed by atoms with Gasteiger partial charge in [0.15, 0.2) is 0 Å². The molecule has 1 unspecified atom stereocenters. The highest BCUT2D eigenvalue weighted by molar-refractivity contribution is 6.32. The predicted molar refractivity (Wildman–Crippen MR) is 55.4 cm³/mol. The lowest BCUT2D eigenvalue weighted by molar-refractivity contribution is -0.115. The molecule has 0 saturated heterocycles. The van der Waals surface area contributed by atoms with Crippen LogP contribution in [0.1, 0.15) is 6.92 Å². The van der Waals surface area contributed by atoms with E-state index in [9.17, 15) is 9.18 Å². The maximum absolute atomic E-state index is 13.1. The van der Waals surface area contributed by atoms with Crippen molar-refractivity contribution >= 4 is 34.8 Å². The van der Waals surface area contributed by atoms with Crippen LogP contribution in [0.2, 0.25) is 5.02 Å². The first-order valence-electron chi connectivity index (χ1n) is 3.90. The quantitative estimate of drug-likeness (QED) is 0.785. The molecule has 76 valence electrons. The molecule has 0 aliphatic rings. The molecule has 1 aromatic carbocycles. The Kier molecular flexibility index (Phi) is 3.72. The van der Waals surface area contributed by atoms with Gasteiger partial charge in [0.25, 0.3) is 0 Å². The third kappa shape index (κ3) is 2.86. The maximum Gasteiger partial charge on any atom is 0.242 e. The third-order valence-corrected chi connectivity index (χ3v) is 1.98. The van der Waals surface area contributed by atoms with Crippen molar-refractivity contribution in [3.05, 3.63) is 29.0 Å². The van der Waals surface area contributed by atoms with Crippen molar-refractivity contribution in [3.8, 4) is 0 Å². The van der Waals surface area contributed by atoms with Crippen LogP contribution in [0.5, 0.6) is 0 Å². The van der Waals surface area contributed by atoms with Crippen LogP contribution in [0.15, 0.2) is 18.2 Å². The number of rotatable bonds is 2. The van der Waals surface area contributed by atoms with E-state index in [1.165, 1.54) is 19.1 Å². The Hall–Kier alpha value is -0.800. The molecule has 0 bridgehead atoms. The minimum Gasteiger partial charge on any atom is -0.322 e. The van der Waals surface area contributed by atoms with Gasteiger partial charge in [-0.05, 0) is 25.1 Å².